The Morgan fingerprint density at radius 3 is 2.32 bits per heavy atom. The van der Waals surface area contributed by atoms with Crippen molar-refractivity contribution in [2.45, 2.75) is 69.2 Å². The highest BCUT2D eigenvalue weighted by molar-refractivity contribution is 7.89. The average molecular weight is 409 g/mol. The summed E-state index contributed by atoms with van der Waals surface area (Å²) in [6.45, 7) is 3.31. The first-order valence-corrected chi connectivity index (χ1v) is 11.8. The molecule has 1 heterocycles. The number of amides is 1. The molecule has 1 aliphatic heterocycles. The number of methoxy groups -OCH3 is 1. The summed E-state index contributed by atoms with van der Waals surface area (Å²) >= 11 is 0. The summed E-state index contributed by atoms with van der Waals surface area (Å²) in [5.41, 5.74) is 0.289. The molecule has 1 aromatic carbocycles. The summed E-state index contributed by atoms with van der Waals surface area (Å²) in [5, 5.41) is 3.07. The van der Waals surface area contributed by atoms with Gasteiger partial charge in [-0.25, -0.2) is 8.42 Å². The molecule has 7 heteroatoms. The van der Waals surface area contributed by atoms with Crippen LogP contribution in [0.25, 0.3) is 0 Å². The van der Waals surface area contributed by atoms with Gasteiger partial charge >= 0.3 is 0 Å². The Morgan fingerprint density at radius 2 is 1.71 bits per heavy atom. The van der Waals surface area contributed by atoms with Crippen molar-refractivity contribution < 1.29 is 17.9 Å². The van der Waals surface area contributed by atoms with Gasteiger partial charge in [0.15, 0.2) is 0 Å². The predicted octanol–water partition coefficient (Wildman–Crippen LogP) is 3.57. The molecule has 2 aliphatic rings. The van der Waals surface area contributed by atoms with Gasteiger partial charge in [0.05, 0.1) is 17.6 Å². The number of carbonyl (C=O) groups excluding carboxylic acids is 1. The van der Waals surface area contributed by atoms with E-state index in [1.165, 1.54) is 19.2 Å². The van der Waals surface area contributed by atoms with Crippen molar-refractivity contribution in [1.82, 2.24) is 9.62 Å². The first-order valence-electron chi connectivity index (χ1n) is 10.4. The minimum atomic E-state index is -3.61. The van der Waals surface area contributed by atoms with Gasteiger partial charge in [-0.05, 0) is 62.6 Å². The SMILES string of the molecule is COc1ccc(S(=O)(=O)N2CCCCCC2)cc1C(=O)NC1CCC(C)CC1. The molecule has 0 bridgehead atoms. The molecule has 3 rings (SSSR count). The van der Waals surface area contributed by atoms with Gasteiger partial charge in [0.25, 0.3) is 5.91 Å². The molecular formula is C21H32N2O4S. The third kappa shape index (κ3) is 4.87. The minimum Gasteiger partial charge on any atom is -0.496 e. The van der Waals surface area contributed by atoms with Gasteiger partial charge in [0.2, 0.25) is 10.0 Å². The molecule has 1 aromatic rings. The van der Waals surface area contributed by atoms with Crippen LogP contribution in [0.3, 0.4) is 0 Å². The molecule has 6 nitrogen and oxygen atoms in total. The Hall–Kier alpha value is -1.60. The zero-order valence-corrected chi connectivity index (χ0v) is 17.8. The molecule has 0 radical (unpaired) electrons. The fourth-order valence-corrected chi connectivity index (χ4v) is 5.67. The number of nitrogens with zero attached hydrogens (tertiary/aromatic N) is 1. The Labute approximate surface area is 168 Å². The van der Waals surface area contributed by atoms with Gasteiger partial charge in [-0.15, -0.1) is 0 Å². The lowest BCUT2D eigenvalue weighted by atomic mass is 9.87. The van der Waals surface area contributed by atoms with Crippen LogP contribution < -0.4 is 10.1 Å². The van der Waals surface area contributed by atoms with E-state index in [1.54, 1.807) is 10.4 Å². The van der Waals surface area contributed by atoms with E-state index in [9.17, 15) is 13.2 Å². The number of rotatable bonds is 5. The summed E-state index contributed by atoms with van der Waals surface area (Å²) < 4.78 is 33.1. The third-order valence-electron chi connectivity index (χ3n) is 5.97. The van der Waals surface area contributed by atoms with E-state index in [2.05, 4.69) is 12.2 Å². The Kier molecular flexibility index (Phi) is 6.99. The van der Waals surface area contributed by atoms with E-state index < -0.39 is 10.0 Å². The van der Waals surface area contributed by atoms with Crippen LogP contribution in [0, 0.1) is 5.92 Å². The third-order valence-corrected chi connectivity index (χ3v) is 7.86. The van der Waals surface area contributed by atoms with Crippen molar-refractivity contribution in [2.75, 3.05) is 20.2 Å². The van der Waals surface area contributed by atoms with Crippen molar-refractivity contribution >= 4 is 15.9 Å². The van der Waals surface area contributed by atoms with Crippen molar-refractivity contribution in [3.8, 4) is 5.75 Å². The second-order valence-electron chi connectivity index (χ2n) is 8.11. The number of benzene rings is 1. The molecular weight excluding hydrogens is 376 g/mol. The fraction of sp³-hybridized carbons (Fsp3) is 0.667. The minimum absolute atomic E-state index is 0.138. The number of nitrogens with one attached hydrogen (secondary N) is 1. The van der Waals surface area contributed by atoms with Crippen LogP contribution in [0.4, 0.5) is 0 Å². The number of sulfonamides is 1. The zero-order chi connectivity index (χ0) is 20.1. The second kappa shape index (κ2) is 9.27. The summed E-state index contributed by atoms with van der Waals surface area (Å²) in [6, 6.07) is 4.74. The smallest absolute Gasteiger partial charge is 0.255 e. The monoisotopic (exact) mass is 408 g/mol. The first kappa shape index (κ1) is 21.1. The first-order chi connectivity index (χ1) is 13.4. The summed E-state index contributed by atoms with van der Waals surface area (Å²) in [4.78, 5) is 13.0. The van der Waals surface area contributed by atoms with Crippen LogP contribution in [0.2, 0.25) is 0 Å². The summed E-state index contributed by atoms with van der Waals surface area (Å²) in [6.07, 6.45) is 8.00. The van der Waals surface area contributed by atoms with Gasteiger partial charge in [-0.2, -0.15) is 4.31 Å². The zero-order valence-electron chi connectivity index (χ0n) is 16.9. The summed E-state index contributed by atoms with van der Waals surface area (Å²) in [7, 11) is -2.11. The van der Waals surface area contributed by atoms with Crippen LogP contribution in [0.1, 0.15) is 68.6 Å². The number of carbonyl (C=O) groups is 1. The van der Waals surface area contributed by atoms with Crippen LogP contribution in [-0.4, -0.2) is 44.9 Å². The second-order valence-corrected chi connectivity index (χ2v) is 10.0. The lowest BCUT2D eigenvalue weighted by Gasteiger charge is -2.27. The summed E-state index contributed by atoms with van der Waals surface area (Å²) in [5.74, 6) is 0.839. The number of hydrogen-bond acceptors (Lipinski definition) is 4. The number of hydrogen-bond donors (Lipinski definition) is 1. The largest absolute Gasteiger partial charge is 0.496 e. The highest BCUT2D eigenvalue weighted by Gasteiger charge is 2.28. The van der Waals surface area contributed by atoms with E-state index >= 15 is 0 Å². The Morgan fingerprint density at radius 1 is 1.07 bits per heavy atom. The molecule has 1 saturated carbocycles. The molecule has 0 unspecified atom stereocenters. The Bertz CT molecular complexity index is 778. The van der Waals surface area contributed by atoms with Gasteiger partial charge < -0.3 is 10.1 Å². The maximum Gasteiger partial charge on any atom is 0.255 e. The van der Waals surface area contributed by atoms with Gasteiger partial charge in [0, 0.05) is 19.1 Å². The molecule has 156 valence electrons. The average Bonchev–Trinajstić information content (AvgIpc) is 2.99. The van der Waals surface area contributed by atoms with E-state index in [0.717, 1.165) is 51.4 Å². The van der Waals surface area contributed by atoms with E-state index in [4.69, 9.17) is 4.74 Å². The van der Waals surface area contributed by atoms with E-state index in [1.807, 2.05) is 0 Å². The van der Waals surface area contributed by atoms with Crippen LogP contribution in [-0.2, 0) is 10.0 Å². The maximum absolute atomic E-state index is 13.1. The molecule has 0 aromatic heterocycles. The molecule has 0 atom stereocenters. The lowest BCUT2D eigenvalue weighted by Crippen LogP contribution is -2.37. The standard InChI is InChI=1S/C21H32N2O4S/c1-16-7-9-17(10-8-16)22-21(24)19-15-18(11-12-20(19)27-2)28(25,26)23-13-5-3-4-6-14-23/h11-12,15-17H,3-10,13-14H2,1-2H3,(H,22,24). The molecule has 1 amide bonds. The predicted molar refractivity (Wildman–Crippen MR) is 109 cm³/mol. The number of ether oxygens (including phenoxy) is 1. The molecule has 1 saturated heterocycles. The van der Waals surface area contributed by atoms with Crippen molar-refractivity contribution in [2.24, 2.45) is 5.92 Å². The van der Waals surface area contributed by atoms with Crippen LogP contribution in [0.5, 0.6) is 5.75 Å². The van der Waals surface area contributed by atoms with Crippen LogP contribution in [0.15, 0.2) is 23.1 Å². The van der Waals surface area contributed by atoms with Gasteiger partial charge in [0.1, 0.15) is 5.75 Å². The van der Waals surface area contributed by atoms with Gasteiger partial charge in [-0.1, -0.05) is 19.8 Å². The molecule has 0 spiro atoms. The van der Waals surface area contributed by atoms with E-state index in [-0.39, 0.29) is 22.4 Å². The molecule has 1 aliphatic carbocycles. The molecule has 1 N–H and O–H groups in total. The van der Waals surface area contributed by atoms with Gasteiger partial charge in [-0.3, -0.25) is 4.79 Å². The normalized spacial score (nSPS) is 24.4. The molecule has 2 fully saturated rings. The molecule has 28 heavy (non-hydrogen) atoms. The maximum atomic E-state index is 13.1. The lowest BCUT2D eigenvalue weighted by molar-refractivity contribution is 0.0919. The van der Waals surface area contributed by atoms with Crippen molar-refractivity contribution in [1.29, 1.82) is 0 Å². The van der Waals surface area contributed by atoms with Crippen molar-refractivity contribution in [3.63, 3.8) is 0 Å². The Balaban J connectivity index is 1.82. The van der Waals surface area contributed by atoms with Crippen LogP contribution >= 0.6 is 0 Å². The highest BCUT2D eigenvalue weighted by Crippen LogP contribution is 2.28. The quantitative estimate of drug-likeness (QED) is 0.808. The topological polar surface area (TPSA) is 75.7 Å². The highest BCUT2D eigenvalue weighted by atomic mass is 32.2. The van der Waals surface area contributed by atoms with Crippen molar-refractivity contribution in [3.05, 3.63) is 23.8 Å². The fourth-order valence-electron chi connectivity index (χ4n) is 4.12. The van der Waals surface area contributed by atoms with E-state index in [0.29, 0.717) is 24.8 Å².